The van der Waals surface area contributed by atoms with E-state index in [4.69, 9.17) is 20.3 Å². The quantitative estimate of drug-likeness (QED) is 0.142. The van der Waals surface area contributed by atoms with Gasteiger partial charge in [0, 0.05) is 30.3 Å². The summed E-state index contributed by atoms with van der Waals surface area (Å²) in [5, 5.41) is 16.7. The van der Waals surface area contributed by atoms with Crippen LogP contribution in [0.15, 0.2) is 30.5 Å². The summed E-state index contributed by atoms with van der Waals surface area (Å²) in [5.41, 5.74) is 4.57. The van der Waals surface area contributed by atoms with Gasteiger partial charge in [-0.25, -0.2) is 4.79 Å². The predicted molar refractivity (Wildman–Crippen MR) is 157 cm³/mol. The molecule has 0 unspecified atom stereocenters. The Labute approximate surface area is 261 Å². The molecule has 2 atom stereocenters. The van der Waals surface area contributed by atoms with Gasteiger partial charge >= 0.3 is 18.3 Å². The number of alkyl halides is 6. The molecule has 252 valence electrons. The summed E-state index contributed by atoms with van der Waals surface area (Å²) in [6.45, 7) is 0.770. The van der Waals surface area contributed by atoms with E-state index in [9.17, 15) is 31.1 Å². The van der Waals surface area contributed by atoms with Crippen LogP contribution in [-0.2, 0) is 28.7 Å². The van der Waals surface area contributed by atoms with Crippen molar-refractivity contribution in [2.75, 3.05) is 58.4 Å². The number of nitrogens with one attached hydrogen (secondary N) is 1. The van der Waals surface area contributed by atoms with Gasteiger partial charge in [0.1, 0.15) is 12.1 Å². The van der Waals surface area contributed by atoms with Crippen LogP contribution in [0.25, 0.3) is 10.9 Å². The zero-order valence-electron chi connectivity index (χ0n) is 25.1. The van der Waals surface area contributed by atoms with Gasteiger partial charge in [0.15, 0.2) is 5.69 Å². The molecular weight excluding hydrogens is 622 g/mol. The number of carboxylic acids is 1. The lowest BCUT2D eigenvalue weighted by Gasteiger charge is -2.38. The van der Waals surface area contributed by atoms with Gasteiger partial charge in [-0.15, -0.1) is 0 Å². The number of nitrogens with two attached hydrogens (primary N) is 1. The maximum absolute atomic E-state index is 13.4. The Bertz CT molecular complexity index is 1540. The fourth-order valence-corrected chi connectivity index (χ4v) is 5.62. The summed E-state index contributed by atoms with van der Waals surface area (Å²) < 4.78 is 92.9. The van der Waals surface area contributed by atoms with Crippen molar-refractivity contribution in [3.05, 3.63) is 47.4 Å². The molecule has 10 nitrogen and oxygen atoms in total. The second kappa shape index (κ2) is 15.2. The summed E-state index contributed by atoms with van der Waals surface area (Å²) in [4.78, 5) is 13.3. The first-order chi connectivity index (χ1) is 21.8. The molecular formula is C30H36F6N6O4. The number of ether oxygens (including phenoxy) is 2. The lowest BCUT2D eigenvalue weighted by Crippen LogP contribution is -2.45. The summed E-state index contributed by atoms with van der Waals surface area (Å²) in [7, 11) is 2.02. The molecule has 16 heteroatoms. The van der Waals surface area contributed by atoms with E-state index in [1.807, 2.05) is 13.1 Å². The fourth-order valence-electron chi connectivity index (χ4n) is 5.62. The summed E-state index contributed by atoms with van der Waals surface area (Å²) in [6, 6.07) is 6.87. The van der Waals surface area contributed by atoms with E-state index >= 15 is 0 Å². The number of hydrogen-bond donors (Lipinski definition) is 3. The highest BCUT2D eigenvalue weighted by Gasteiger charge is 2.40. The summed E-state index contributed by atoms with van der Waals surface area (Å²) in [6.07, 6.45) is -7.15. The molecule has 2 aromatic heterocycles. The van der Waals surface area contributed by atoms with Crippen LogP contribution < -0.4 is 11.1 Å². The number of aromatic carboxylic acids is 1. The molecule has 46 heavy (non-hydrogen) atoms. The van der Waals surface area contributed by atoms with Gasteiger partial charge in [0.2, 0.25) is 0 Å². The first-order valence-electron chi connectivity index (χ1n) is 14.6. The third kappa shape index (κ3) is 9.15. The number of fused-ring (bicyclic) bond motifs is 1. The average molecular weight is 659 g/mol. The highest BCUT2D eigenvalue weighted by atomic mass is 19.4. The number of halogens is 6. The Morgan fingerprint density at radius 2 is 1.89 bits per heavy atom. The largest absolute Gasteiger partial charge is 0.478 e. The minimum Gasteiger partial charge on any atom is -0.478 e. The molecule has 1 saturated heterocycles. The van der Waals surface area contributed by atoms with Gasteiger partial charge in [-0.2, -0.15) is 31.4 Å². The third-order valence-electron chi connectivity index (χ3n) is 7.67. The van der Waals surface area contributed by atoms with E-state index in [-0.39, 0.29) is 50.6 Å². The number of piperidine rings is 1. The topological polar surface area (TPSA) is 120 Å². The van der Waals surface area contributed by atoms with Crippen molar-refractivity contribution in [2.45, 2.75) is 44.3 Å². The maximum atomic E-state index is 13.4. The smallest absolute Gasteiger partial charge is 0.433 e. The van der Waals surface area contributed by atoms with E-state index in [1.165, 1.54) is 0 Å². The van der Waals surface area contributed by atoms with Gasteiger partial charge in [-0.05, 0) is 56.5 Å². The Kier molecular flexibility index (Phi) is 11.6. The highest BCUT2D eigenvalue weighted by molar-refractivity contribution is 5.94. The van der Waals surface area contributed by atoms with Crippen LogP contribution in [0.1, 0.15) is 34.6 Å². The van der Waals surface area contributed by atoms with Crippen molar-refractivity contribution in [2.24, 2.45) is 11.7 Å². The van der Waals surface area contributed by atoms with Crippen molar-refractivity contribution in [3.8, 4) is 11.8 Å². The van der Waals surface area contributed by atoms with Gasteiger partial charge in [-0.3, -0.25) is 4.68 Å². The van der Waals surface area contributed by atoms with Gasteiger partial charge < -0.3 is 35.1 Å². The van der Waals surface area contributed by atoms with Crippen LogP contribution in [0, 0.1) is 17.8 Å². The number of carboxylic acid groups (broad SMARTS) is 1. The van der Waals surface area contributed by atoms with Crippen LogP contribution in [-0.4, -0.2) is 95.7 Å². The van der Waals surface area contributed by atoms with Gasteiger partial charge in [0.05, 0.1) is 50.3 Å². The van der Waals surface area contributed by atoms with Crippen molar-refractivity contribution in [1.82, 2.24) is 19.2 Å². The van der Waals surface area contributed by atoms with Crippen LogP contribution in [0.2, 0.25) is 0 Å². The molecule has 4 N–H and O–H groups in total. The van der Waals surface area contributed by atoms with Crippen LogP contribution in [0.5, 0.6) is 0 Å². The van der Waals surface area contributed by atoms with Crippen LogP contribution >= 0.6 is 0 Å². The number of nitrogens with zero attached hydrogens (tertiary/aromatic N) is 4. The first-order valence-corrected chi connectivity index (χ1v) is 14.6. The lowest BCUT2D eigenvalue weighted by molar-refractivity contribution is -0.145. The number of aromatic nitrogens is 3. The number of benzene rings is 1. The first kappa shape index (κ1) is 35.1. The Morgan fingerprint density at radius 3 is 2.57 bits per heavy atom. The second-order valence-corrected chi connectivity index (χ2v) is 11.0. The van der Waals surface area contributed by atoms with Crippen LogP contribution in [0.3, 0.4) is 0 Å². The molecule has 1 aromatic carbocycles. The number of carbonyl (C=O) groups is 1. The highest BCUT2D eigenvalue weighted by Crippen LogP contribution is 2.33. The number of likely N-dealkylation sites (tertiary alicyclic amines) is 1. The molecule has 3 aromatic rings. The SMILES string of the molecule is CN1CC[C@H](Nc2cccc3c2cc(C#CCN)n3CC(F)(F)F)[C@@H](CCOCCOCCn2ncc(C(=O)O)c2C(F)(F)F)C1. The molecule has 0 spiro atoms. The van der Waals surface area contributed by atoms with E-state index in [0.717, 1.165) is 24.1 Å². The third-order valence-corrected chi connectivity index (χ3v) is 7.67. The molecule has 0 bridgehead atoms. The second-order valence-electron chi connectivity index (χ2n) is 11.0. The van der Waals surface area contributed by atoms with Gasteiger partial charge in [0.25, 0.3) is 0 Å². The van der Waals surface area contributed by atoms with E-state index in [0.29, 0.717) is 40.5 Å². The lowest BCUT2D eigenvalue weighted by atomic mass is 9.89. The van der Waals surface area contributed by atoms with Crippen LogP contribution in [0.4, 0.5) is 32.0 Å². The molecule has 0 amide bonds. The predicted octanol–water partition coefficient (Wildman–Crippen LogP) is 4.28. The summed E-state index contributed by atoms with van der Waals surface area (Å²) in [5.74, 6) is 3.85. The van der Waals surface area contributed by atoms with E-state index in [2.05, 4.69) is 27.2 Å². The average Bonchev–Trinajstić information content (AvgIpc) is 3.56. The zero-order chi connectivity index (χ0) is 33.5. The molecule has 1 aliphatic heterocycles. The van der Waals surface area contributed by atoms with Crippen molar-refractivity contribution in [3.63, 3.8) is 0 Å². The molecule has 4 rings (SSSR count). The Morgan fingerprint density at radius 1 is 1.15 bits per heavy atom. The fraction of sp³-hybridized carbons (Fsp3) is 0.533. The Balaban J connectivity index is 1.31. The van der Waals surface area contributed by atoms with Gasteiger partial charge in [-0.1, -0.05) is 12.0 Å². The normalized spacial score (nSPS) is 17.7. The molecule has 1 aliphatic rings. The van der Waals surface area contributed by atoms with Crippen molar-refractivity contribution < 1.29 is 45.7 Å². The standard InChI is InChI=1S/C30H36F6N6O4/c1-40-10-7-24(39-25-5-2-6-26-22(25)16-21(4-3-9-37)41(26)19-29(31,32)33)20(18-40)8-12-45-14-15-46-13-11-42-27(30(34,35)36)23(17-38-42)28(43)44/h2,5-6,16-17,20,24,39H,7-15,18-19,37H2,1H3,(H,43,44)/t20-,24-/m0/s1. The molecule has 0 aliphatic carbocycles. The monoisotopic (exact) mass is 658 g/mol. The molecule has 0 radical (unpaired) electrons. The molecule has 0 saturated carbocycles. The minimum atomic E-state index is -4.87. The summed E-state index contributed by atoms with van der Waals surface area (Å²) >= 11 is 0. The number of hydrogen-bond acceptors (Lipinski definition) is 7. The van der Waals surface area contributed by atoms with Crippen molar-refractivity contribution in [1.29, 1.82) is 0 Å². The molecule has 3 heterocycles. The minimum absolute atomic E-state index is 0.0214. The number of rotatable bonds is 13. The van der Waals surface area contributed by atoms with Crippen molar-refractivity contribution >= 4 is 22.6 Å². The maximum Gasteiger partial charge on any atom is 0.433 e. The van der Waals surface area contributed by atoms with E-state index < -0.39 is 36.1 Å². The zero-order valence-corrected chi connectivity index (χ0v) is 25.1. The number of anilines is 1. The Hall–Kier alpha value is -3.78. The van der Waals surface area contributed by atoms with E-state index in [1.54, 1.807) is 18.2 Å². The molecule has 1 fully saturated rings.